The molecule has 13 heteroatoms. The maximum atomic E-state index is 13.2. The van der Waals surface area contributed by atoms with Crippen LogP contribution in [0.25, 0.3) is 0 Å². The quantitative estimate of drug-likeness (QED) is 0.459. The highest BCUT2D eigenvalue weighted by Gasteiger charge is 2.43. The summed E-state index contributed by atoms with van der Waals surface area (Å²) >= 11 is 11.1. The Morgan fingerprint density at radius 2 is 1.86 bits per heavy atom. The van der Waals surface area contributed by atoms with Crippen LogP contribution >= 0.6 is 23.8 Å². The van der Waals surface area contributed by atoms with E-state index in [2.05, 4.69) is 0 Å². The first-order valence-electron chi connectivity index (χ1n) is 10.4. The zero-order valence-electron chi connectivity index (χ0n) is 18.8. The van der Waals surface area contributed by atoms with Crippen molar-refractivity contribution in [2.24, 2.45) is 5.41 Å². The molecule has 0 saturated carbocycles. The Balaban J connectivity index is 1.85. The van der Waals surface area contributed by atoms with Gasteiger partial charge in [0.2, 0.25) is 0 Å². The van der Waals surface area contributed by atoms with Gasteiger partial charge in [0.15, 0.2) is 5.05 Å². The summed E-state index contributed by atoms with van der Waals surface area (Å²) in [6.07, 6.45) is -7.97. The molecule has 0 radical (unpaired) electrons. The van der Waals surface area contributed by atoms with Gasteiger partial charge in [0, 0.05) is 23.2 Å². The highest BCUT2D eigenvalue weighted by Crippen LogP contribution is 2.33. The lowest BCUT2D eigenvalue weighted by atomic mass is 9.97. The number of carbonyl (C=O) groups is 1. The molecule has 0 amide bonds. The van der Waals surface area contributed by atoms with Crippen molar-refractivity contribution in [2.75, 3.05) is 6.61 Å². The monoisotopic (exact) mass is 534 g/mol. The van der Waals surface area contributed by atoms with Gasteiger partial charge in [-0.1, -0.05) is 11.6 Å². The lowest BCUT2D eigenvalue weighted by Crippen LogP contribution is -2.36. The minimum absolute atomic E-state index is 0.0928. The number of ether oxygens (including phenoxy) is 3. The van der Waals surface area contributed by atoms with Gasteiger partial charge in [-0.15, -0.1) is 0 Å². The third-order valence-electron chi connectivity index (χ3n) is 5.09. The van der Waals surface area contributed by atoms with Gasteiger partial charge in [-0.3, -0.25) is 19.1 Å². The van der Waals surface area contributed by atoms with E-state index in [1.807, 2.05) is 0 Å². The van der Waals surface area contributed by atoms with Crippen LogP contribution in [0.1, 0.15) is 44.5 Å². The second-order valence-electron chi connectivity index (χ2n) is 8.87. The van der Waals surface area contributed by atoms with Gasteiger partial charge < -0.3 is 14.2 Å². The number of esters is 1. The summed E-state index contributed by atoms with van der Waals surface area (Å²) in [5.74, 6) is -0.582. The molecule has 2 heterocycles. The number of aromatic amines is 1. The third-order valence-corrected chi connectivity index (χ3v) is 5.70. The average molecular weight is 535 g/mol. The Morgan fingerprint density at radius 1 is 1.23 bits per heavy atom. The molecule has 1 aromatic heterocycles. The maximum Gasteiger partial charge on any atom is 0.423 e. The van der Waals surface area contributed by atoms with Crippen molar-refractivity contribution < 1.29 is 32.2 Å². The van der Waals surface area contributed by atoms with Gasteiger partial charge in [0.1, 0.15) is 30.6 Å². The van der Waals surface area contributed by atoms with Crippen LogP contribution in [-0.4, -0.2) is 39.4 Å². The number of H-pyrrole nitrogens is 1. The van der Waals surface area contributed by atoms with Gasteiger partial charge in [-0.25, -0.2) is 4.79 Å². The molecular formula is C22H22ClF3N2O6S. The number of alkyl halides is 3. The predicted molar refractivity (Wildman–Crippen MR) is 123 cm³/mol. The number of aromatic nitrogens is 2. The first-order valence-corrected chi connectivity index (χ1v) is 11.2. The Morgan fingerprint density at radius 3 is 2.43 bits per heavy atom. The first-order chi connectivity index (χ1) is 16.2. The van der Waals surface area contributed by atoms with Crippen molar-refractivity contribution in [1.82, 2.24) is 9.55 Å². The summed E-state index contributed by atoms with van der Waals surface area (Å²) in [5.41, 5.74) is -4.56. The number of rotatable bonds is 5. The minimum atomic E-state index is -4.99. The molecule has 2 aromatic rings. The second-order valence-corrected chi connectivity index (χ2v) is 9.68. The van der Waals surface area contributed by atoms with E-state index in [1.54, 1.807) is 50.0 Å². The van der Waals surface area contributed by atoms with Crippen LogP contribution in [-0.2, 0) is 25.2 Å². The highest BCUT2D eigenvalue weighted by molar-refractivity contribution is 7.80. The van der Waals surface area contributed by atoms with Crippen LogP contribution in [0.15, 0.2) is 40.1 Å². The fraction of sp³-hybridized carbons (Fsp3) is 0.455. The van der Waals surface area contributed by atoms with Gasteiger partial charge in [0.25, 0.3) is 5.56 Å². The van der Waals surface area contributed by atoms with E-state index < -0.39 is 52.8 Å². The fourth-order valence-electron chi connectivity index (χ4n) is 3.19. The smallest absolute Gasteiger partial charge is 0.423 e. The predicted octanol–water partition coefficient (Wildman–Crippen LogP) is 3.85. The van der Waals surface area contributed by atoms with E-state index >= 15 is 0 Å². The number of nitrogens with zero attached hydrogens (tertiary/aromatic N) is 1. The average Bonchev–Trinajstić information content (AvgIpc) is 3.13. The molecule has 1 aliphatic heterocycles. The van der Waals surface area contributed by atoms with Gasteiger partial charge >= 0.3 is 17.8 Å². The van der Waals surface area contributed by atoms with Crippen LogP contribution < -0.4 is 11.2 Å². The van der Waals surface area contributed by atoms with E-state index in [9.17, 15) is 27.6 Å². The van der Waals surface area contributed by atoms with Crippen LogP contribution in [0.4, 0.5) is 13.2 Å². The van der Waals surface area contributed by atoms with E-state index in [-0.39, 0.29) is 18.1 Å². The zero-order valence-corrected chi connectivity index (χ0v) is 20.4. The fourth-order valence-corrected chi connectivity index (χ4v) is 3.52. The second kappa shape index (κ2) is 10.1. The van der Waals surface area contributed by atoms with Gasteiger partial charge in [-0.05, 0) is 57.3 Å². The van der Waals surface area contributed by atoms with Gasteiger partial charge in [0.05, 0.1) is 5.41 Å². The Hall–Kier alpha value is -2.70. The standard InChI is InChI=1S/C22H22ClF3N2O6S/c1-21(2,3)19(30)34-14-8-16(28-9-13(22(24,25)26)17(29)27-20(28)31)33-15(14)10-32-18(35)11-4-6-12(23)7-5-11/h4-7,9,14-16H,8,10H2,1-3H3,(H,27,29,31)/t14-,15+,16+/m0/s1. The number of carbonyl (C=O) groups excluding carboxylic acids is 1. The zero-order chi connectivity index (χ0) is 26.1. The van der Waals surface area contributed by atoms with Crippen LogP contribution in [0.5, 0.6) is 0 Å². The summed E-state index contributed by atoms with van der Waals surface area (Å²) in [6, 6.07) is 6.50. The lowest BCUT2D eigenvalue weighted by molar-refractivity contribution is -0.162. The molecule has 190 valence electrons. The highest BCUT2D eigenvalue weighted by atomic mass is 35.5. The number of benzene rings is 1. The van der Waals surface area contributed by atoms with E-state index in [0.717, 1.165) is 0 Å². The number of thiocarbonyl (C=S) groups is 1. The van der Waals surface area contributed by atoms with E-state index in [1.165, 1.54) is 0 Å². The topological polar surface area (TPSA) is 99.6 Å². The molecule has 3 atom stereocenters. The lowest BCUT2D eigenvalue weighted by Gasteiger charge is -2.23. The Bertz CT molecular complexity index is 1220. The third kappa shape index (κ3) is 6.50. The molecule has 35 heavy (non-hydrogen) atoms. The van der Waals surface area contributed by atoms with Crippen LogP contribution in [0, 0.1) is 5.41 Å². The van der Waals surface area contributed by atoms with Gasteiger partial charge in [-0.2, -0.15) is 13.2 Å². The van der Waals surface area contributed by atoms with Crippen LogP contribution in [0.3, 0.4) is 0 Å². The Labute approximate surface area is 207 Å². The van der Waals surface area contributed by atoms with Crippen molar-refractivity contribution in [2.45, 2.75) is 51.8 Å². The molecule has 0 spiro atoms. The molecule has 1 fully saturated rings. The van der Waals surface area contributed by atoms with E-state index in [4.69, 9.17) is 38.0 Å². The van der Waals surface area contributed by atoms with Crippen molar-refractivity contribution in [1.29, 1.82) is 0 Å². The maximum absolute atomic E-state index is 13.2. The molecule has 1 N–H and O–H groups in total. The molecule has 1 aliphatic rings. The van der Waals surface area contributed by atoms with Crippen LogP contribution in [0.2, 0.25) is 5.02 Å². The molecule has 1 saturated heterocycles. The summed E-state index contributed by atoms with van der Waals surface area (Å²) in [5, 5.41) is 0.590. The summed E-state index contributed by atoms with van der Waals surface area (Å²) in [7, 11) is 0. The molecule has 0 bridgehead atoms. The van der Waals surface area contributed by atoms with Crippen molar-refractivity contribution in [3.05, 3.63) is 67.4 Å². The number of hydrogen-bond acceptors (Lipinski definition) is 7. The number of halogens is 4. The van der Waals surface area contributed by atoms with Crippen molar-refractivity contribution in [3.8, 4) is 0 Å². The summed E-state index contributed by atoms with van der Waals surface area (Å²) in [4.78, 5) is 38.0. The van der Waals surface area contributed by atoms with Crippen molar-refractivity contribution >= 4 is 34.8 Å². The molecule has 0 aliphatic carbocycles. The SMILES string of the molecule is CC(C)(C)C(=O)O[C@H]1C[C@H](n2cc(C(F)(F)F)c(=O)[nH]c2=O)O[C@@H]1COC(=S)c1ccc(Cl)cc1. The number of nitrogens with one attached hydrogen (secondary N) is 1. The summed E-state index contributed by atoms with van der Waals surface area (Å²) < 4.78 is 57.2. The first kappa shape index (κ1) is 26.9. The normalized spacial score (nSPS) is 20.5. The minimum Gasteiger partial charge on any atom is -0.480 e. The molecule has 8 nitrogen and oxygen atoms in total. The molecule has 3 rings (SSSR count). The number of hydrogen-bond donors (Lipinski definition) is 1. The molecule has 1 aromatic carbocycles. The molecule has 0 unspecified atom stereocenters. The Kier molecular flexibility index (Phi) is 7.77. The van der Waals surface area contributed by atoms with E-state index in [0.29, 0.717) is 21.4 Å². The largest absolute Gasteiger partial charge is 0.480 e. The van der Waals surface area contributed by atoms with Crippen molar-refractivity contribution in [3.63, 3.8) is 0 Å². The summed E-state index contributed by atoms with van der Waals surface area (Å²) in [6.45, 7) is 4.67. The molecular weight excluding hydrogens is 513 g/mol.